The van der Waals surface area contributed by atoms with Gasteiger partial charge in [-0.2, -0.15) is 0 Å². The Hall–Kier alpha value is -3.63. The fourth-order valence-electron chi connectivity index (χ4n) is 3.95. The molecule has 1 N–H and O–H groups in total. The van der Waals surface area contributed by atoms with Gasteiger partial charge in [-0.1, -0.05) is 23.3 Å². The molecule has 0 radical (unpaired) electrons. The minimum absolute atomic E-state index is 0.0411. The van der Waals surface area contributed by atoms with Crippen LogP contribution in [0.4, 0.5) is 11.7 Å². The summed E-state index contributed by atoms with van der Waals surface area (Å²) in [5, 5.41) is 10.4. The maximum absolute atomic E-state index is 13.3. The number of hydrogen-bond donors (Lipinski definition) is 1. The highest BCUT2D eigenvalue weighted by Crippen LogP contribution is 2.32. The molecule has 35 heavy (non-hydrogen) atoms. The number of nitrogens with zero attached hydrogens (tertiary/aromatic N) is 3. The number of carbonyl (C=O) groups is 1. The minimum Gasteiger partial charge on any atom is -0.403 e. The fourth-order valence-corrected chi connectivity index (χ4v) is 5.90. The summed E-state index contributed by atoms with van der Waals surface area (Å²) in [6.07, 6.45) is 3.59. The number of aromatic nitrogens is 2. The molecular formula is C25H22N4O4S2. The van der Waals surface area contributed by atoms with E-state index in [-0.39, 0.29) is 22.4 Å². The molecule has 0 spiro atoms. The van der Waals surface area contributed by atoms with Gasteiger partial charge in [0.2, 0.25) is 5.89 Å². The number of fused-ring (bicyclic) bond motifs is 1. The molecule has 0 saturated heterocycles. The van der Waals surface area contributed by atoms with E-state index in [4.69, 9.17) is 4.42 Å². The molecule has 0 atom stereocenters. The first-order chi connectivity index (χ1) is 17.0. The molecule has 2 heterocycles. The average Bonchev–Trinajstić information content (AvgIpc) is 3.37. The van der Waals surface area contributed by atoms with Crippen LogP contribution in [0.3, 0.4) is 0 Å². The van der Waals surface area contributed by atoms with E-state index in [1.165, 1.54) is 28.6 Å². The number of thioether (sulfide) groups is 1. The normalized spacial score (nSPS) is 13.3. The number of rotatable bonds is 6. The molecule has 0 fully saturated rings. The second kappa shape index (κ2) is 9.55. The van der Waals surface area contributed by atoms with Crippen molar-refractivity contribution in [1.29, 1.82) is 0 Å². The van der Waals surface area contributed by atoms with Gasteiger partial charge in [0.1, 0.15) is 0 Å². The highest BCUT2D eigenvalue weighted by atomic mass is 32.2. The third-order valence-corrected chi connectivity index (χ3v) is 8.33. The van der Waals surface area contributed by atoms with Gasteiger partial charge in [0.15, 0.2) is 0 Å². The first kappa shape index (κ1) is 23.1. The SMILES string of the molecule is CSc1ccc(-c2nnc(NC(=O)c3ccc(S(=O)(=O)N4CCCc5ccccc54)cc3)o2)cc1. The Morgan fingerprint density at radius 1 is 1.00 bits per heavy atom. The molecule has 5 rings (SSSR count). The third-order valence-electron chi connectivity index (χ3n) is 5.75. The van der Waals surface area contributed by atoms with E-state index in [1.807, 2.05) is 54.8 Å². The van der Waals surface area contributed by atoms with Crippen LogP contribution in [0, 0.1) is 0 Å². The molecule has 1 amide bonds. The number of nitrogens with one attached hydrogen (secondary N) is 1. The van der Waals surface area contributed by atoms with Crippen molar-refractivity contribution in [3.8, 4) is 11.5 Å². The van der Waals surface area contributed by atoms with Gasteiger partial charge in [0, 0.05) is 22.6 Å². The summed E-state index contributed by atoms with van der Waals surface area (Å²) in [6.45, 7) is 0.418. The van der Waals surface area contributed by atoms with Gasteiger partial charge in [-0.05, 0) is 79.3 Å². The molecule has 0 unspecified atom stereocenters. The average molecular weight is 507 g/mol. The molecule has 0 saturated carbocycles. The maximum Gasteiger partial charge on any atom is 0.322 e. The van der Waals surface area contributed by atoms with Crippen LogP contribution in [-0.4, -0.2) is 37.3 Å². The minimum atomic E-state index is -3.75. The molecule has 1 aliphatic rings. The van der Waals surface area contributed by atoms with Crippen molar-refractivity contribution in [2.24, 2.45) is 0 Å². The van der Waals surface area contributed by atoms with Crippen molar-refractivity contribution < 1.29 is 17.6 Å². The molecule has 0 bridgehead atoms. The second-order valence-corrected chi connectivity index (χ2v) is 10.7. The summed E-state index contributed by atoms with van der Waals surface area (Å²) in [6, 6.07) is 20.9. The van der Waals surface area contributed by atoms with Crippen LogP contribution < -0.4 is 9.62 Å². The highest BCUT2D eigenvalue weighted by Gasteiger charge is 2.29. The first-order valence-corrected chi connectivity index (χ1v) is 13.6. The van der Waals surface area contributed by atoms with Crippen LogP contribution >= 0.6 is 11.8 Å². The van der Waals surface area contributed by atoms with E-state index in [1.54, 1.807) is 11.8 Å². The monoisotopic (exact) mass is 506 g/mol. The summed E-state index contributed by atoms with van der Waals surface area (Å²) in [7, 11) is -3.75. The van der Waals surface area contributed by atoms with Gasteiger partial charge in [-0.3, -0.25) is 14.4 Å². The Morgan fingerprint density at radius 2 is 1.74 bits per heavy atom. The summed E-state index contributed by atoms with van der Waals surface area (Å²) in [5.74, 6) is -0.193. The Labute approximate surface area is 207 Å². The molecule has 10 heteroatoms. The Bertz CT molecular complexity index is 1470. The predicted octanol–water partition coefficient (Wildman–Crippen LogP) is 4.85. The molecule has 8 nitrogen and oxygen atoms in total. The zero-order valence-electron chi connectivity index (χ0n) is 18.8. The van der Waals surface area contributed by atoms with Gasteiger partial charge < -0.3 is 4.42 Å². The Balaban J connectivity index is 1.30. The zero-order chi connectivity index (χ0) is 24.4. The predicted molar refractivity (Wildman–Crippen MR) is 135 cm³/mol. The summed E-state index contributed by atoms with van der Waals surface area (Å²) in [4.78, 5) is 13.9. The molecule has 4 aromatic rings. The number of benzene rings is 3. The van der Waals surface area contributed by atoms with Crippen LogP contribution in [0.1, 0.15) is 22.3 Å². The van der Waals surface area contributed by atoms with Gasteiger partial charge in [0.25, 0.3) is 15.9 Å². The van der Waals surface area contributed by atoms with Crippen molar-refractivity contribution >= 4 is 39.4 Å². The number of hydrogen-bond acceptors (Lipinski definition) is 7. The smallest absolute Gasteiger partial charge is 0.322 e. The van der Waals surface area contributed by atoms with Crippen molar-refractivity contribution in [1.82, 2.24) is 10.2 Å². The largest absolute Gasteiger partial charge is 0.403 e. The molecule has 3 aromatic carbocycles. The summed E-state index contributed by atoms with van der Waals surface area (Å²) >= 11 is 1.63. The van der Waals surface area contributed by atoms with Crippen LogP contribution in [0.15, 0.2) is 87.0 Å². The number of amides is 1. The number of anilines is 2. The van der Waals surface area contributed by atoms with Crippen molar-refractivity contribution in [2.75, 3.05) is 22.4 Å². The summed E-state index contributed by atoms with van der Waals surface area (Å²) in [5.41, 5.74) is 2.73. The molecule has 1 aliphatic heterocycles. The topological polar surface area (TPSA) is 105 Å². The van der Waals surface area contributed by atoms with E-state index in [0.717, 1.165) is 28.9 Å². The van der Waals surface area contributed by atoms with Crippen LogP contribution in [0.2, 0.25) is 0 Å². The fraction of sp³-hybridized carbons (Fsp3) is 0.160. The number of sulfonamides is 1. The van der Waals surface area contributed by atoms with Gasteiger partial charge in [0.05, 0.1) is 10.6 Å². The Kier molecular flexibility index (Phi) is 6.31. The standard InChI is InChI=1S/C25H22N4O4S2/c1-34-20-12-8-19(9-13-20)24-27-28-25(33-24)26-23(30)18-10-14-21(15-11-18)35(31,32)29-16-4-6-17-5-2-3-7-22(17)29/h2-3,5,7-15H,4,6,16H2,1H3,(H,26,28,30). The van der Waals surface area contributed by atoms with E-state index >= 15 is 0 Å². The number of aryl methyl sites for hydroxylation is 1. The van der Waals surface area contributed by atoms with Crippen molar-refractivity contribution in [2.45, 2.75) is 22.6 Å². The quantitative estimate of drug-likeness (QED) is 0.373. The summed E-state index contributed by atoms with van der Waals surface area (Å²) < 4.78 is 33.6. The van der Waals surface area contributed by atoms with Gasteiger partial charge in [-0.15, -0.1) is 16.9 Å². The lowest BCUT2D eigenvalue weighted by Crippen LogP contribution is -2.35. The van der Waals surface area contributed by atoms with Gasteiger partial charge >= 0.3 is 6.01 Å². The lowest BCUT2D eigenvalue weighted by atomic mass is 10.0. The third kappa shape index (κ3) is 4.67. The van der Waals surface area contributed by atoms with Crippen LogP contribution in [0.25, 0.3) is 11.5 Å². The van der Waals surface area contributed by atoms with E-state index in [2.05, 4.69) is 15.5 Å². The van der Waals surface area contributed by atoms with Crippen molar-refractivity contribution in [3.63, 3.8) is 0 Å². The van der Waals surface area contributed by atoms with Crippen LogP contribution in [0.5, 0.6) is 0 Å². The van der Waals surface area contributed by atoms with Gasteiger partial charge in [-0.25, -0.2) is 8.42 Å². The lowest BCUT2D eigenvalue weighted by molar-refractivity contribution is 0.102. The first-order valence-electron chi connectivity index (χ1n) is 11.0. The Morgan fingerprint density at radius 3 is 2.49 bits per heavy atom. The highest BCUT2D eigenvalue weighted by molar-refractivity contribution is 7.98. The number of para-hydroxylation sites is 1. The second-order valence-electron chi connectivity index (χ2n) is 7.93. The van der Waals surface area contributed by atoms with E-state index in [9.17, 15) is 13.2 Å². The maximum atomic E-state index is 13.3. The molecule has 1 aromatic heterocycles. The molecule has 0 aliphatic carbocycles. The molecular weight excluding hydrogens is 484 g/mol. The number of carbonyl (C=O) groups excluding carboxylic acids is 1. The van der Waals surface area contributed by atoms with Crippen LogP contribution in [-0.2, 0) is 16.4 Å². The van der Waals surface area contributed by atoms with E-state index in [0.29, 0.717) is 12.2 Å². The van der Waals surface area contributed by atoms with E-state index < -0.39 is 15.9 Å². The zero-order valence-corrected chi connectivity index (χ0v) is 20.5. The molecule has 178 valence electrons. The lowest BCUT2D eigenvalue weighted by Gasteiger charge is -2.30. The van der Waals surface area contributed by atoms with Crippen molar-refractivity contribution in [3.05, 3.63) is 83.9 Å².